The standard InChI is InChI=1S/C22H25NO2/c24-21(25-16-17-9-3-1-4-10-17)23-20-13-7-8-14-22(15-19(20)22)18-11-5-2-6-12-18/h1-6,9-12,19-20H,7-8,13-16H2,(H,23,24). The van der Waals surface area contributed by atoms with E-state index in [2.05, 4.69) is 35.6 Å². The number of amides is 1. The van der Waals surface area contributed by atoms with Crippen LogP contribution >= 0.6 is 0 Å². The maximum absolute atomic E-state index is 12.3. The van der Waals surface area contributed by atoms with Crippen molar-refractivity contribution in [1.82, 2.24) is 5.32 Å². The number of hydrogen-bond acceptors (Lipinski definition) is 2. The minimum atomic E-state index is -0.287. The molecule has 3 unspecified atom stereocenters. The molecule has 0 heterocycles. The van der Waals surface area contributed by atoms with Crippen molar-refractivity contribution in [3.05, 3.63) is 71.8 Å². The first kappa shape index (κ1) is 16.2. The Labute approximate surface area is 149 Å². The highest BCUT2D eigenvalue weighted by Gasteiger charge is 2.58. The first-order valence-electron chi connectivity index (χ1n) is 9.31. The van der Waals surface area contributed by atoms with Crippen LogP contribution in [-0.4, -0.2) is 12.1 Å². The normalized spacial score (nSPS) is 27.7. The fourth-order valence-corrected chi connectivity index (χ4v) is 4.49. The van der Waals surface area contributed by atoms with Crippen molar-refractivity contribution < 1.29 is 9.53 Å². The number of benzene rings is 2. The molecule has 1 amide bonds. The van der Waals surface area contributed by atoms with Gasteiger partial charge in [0, 0.05) is 11.5 Å². The van der Waals surface area contributed by atoms with Crippen LogP contribution in [0.3, 0.4) is 0 Å². The summed E-state index contributed by atoms with van der Waals surface area (Å²) in [5, 5.41) is 3.15. The zero-order valence-corrected chi connectivity index (χ0v) is 14.5. The summed E-state index contributed by atoms with van der Waals surface area (Å²) in [4.78, 5) is 12.3. The van der Waals surface area contributed by atoms with Crippen LogP contribution in [0.15, 0.2) is 60.7 Å². The quantitative estimate of drug-likeness (QED) is 0.870. The van der Waals surface area contributed by atoms with Gasteiger partial charge in [-0.2, -0.15) is 0 Å². The van der Waals surface area contributed by atoms with Crippen molar-refractivity contribution in [3.8, 4) is 0 Å². The molecule has 0 aliphatic heterocycles. The van der Waals surface area contributed by atoms with Crippen molar-refractivity contribution in [2.45, 2.75) is 50.2 Å². The van der Waals surface area contributed by atoms with E-state index in [-0.39, 0.29) is 17.6 Å². The number of nitrogens with one attached hydrogen (secondary N) is 1. The Bertz CT molecular complexity index is 715. The van der Waals surface area contributed by atoms with Crippen LogP contribution in [-0.2, 0) is 16.8 Å². The van der Waals surface area contributed by atoms with Crippen LogP contribution in [0.4, 0.5) is 4.79 Å². The molecule has 4 rings (SSSR count). The van der Waals surface area contributed by atoms with Crippen molar-refractivity contribution >= 4 is 6.09 Å². The molecule has 1 N–H and O–H groups in total. The van der Waals surface area contributed by atoms with Crippen LogP contribution in [0.1, 0.15) is 43.2 Å². The van der Waals surface area contributed by atoms with Gasteiger partial charge in [0.05, 0.1) is 0 Å². The van der Waals surface area contributed by atoms with E-state index in [0.29, 0.717) is 12.5 Å². The molecule has 2 aliphatic rings. The maximum atomic E-state index is 12.3. The largest absolute Gasteiger partial charge is 0.445 e. The monoisotopic (exact) mass is 335 g/mol. The molecule has 2 aliphatic carbocycles. The predicted octanol–water partition coefficient (Wildman–Crippen LogP) is 4.81. The Morgan fingerprint density at radius 3 is 2.52 bits per heavy atom. The molecule has 0 bridgehead atoms. The molecular weight excluding hydrogens is 310 g/mol. The molecule has 3 heteroatoms. The Morgan fingerprint density at radius 1 is 1.04 bits per heavy atom. The molecule has 0 spiro atoms. The molecule has 0 radical (unpaired) electrons. The van der Waals surface area contributed by atoms with Crippen LogP contribution in [0, 0.1) is 5.92 Å². The van der Waals surface area contributed by atoms with Gasteiger partial charge in [0.1, 0.15) is 6.61 Å². The number of hydrogen-bond donors (Lipinski definition) is 1. The summed E-state index contributed by atoms with van der Waals surface area (Å²) in [6.45, 7) is 0.327. The molecule has 3 atom stereocenters. The summed E-state index contributed by atoms with van der Waals surface area (Å²) < 4.78 is 5.43. The van der Waals surface area contributed by atoms with Gasteiger partial charge < -0.3 is 10.1 Å². The number of rotatable bonds is 4. The van der Waals surface area contributed by atoms with Gasteiger partial charge >= 0.3 is 6.09 Å². The lowest BCUT2D eigenvalue weighted by Crippen LogP contribution is -2.38. The van der Waals surface area contributed by atoms with Gasteiger partial charge in [-0.15, -0.1) is 0 Å². The van der Waals surface area contributed by atoms with Crippen LogP contribution in [0.2, 0.25) is 0 Å². The molecule has 2 fully saturated rings. The number of ether oxygens (including phenoxy) is 1. The number of fused-ring (bicyclic) bond motifs is 1. The first-order valence-corrected chi connectivity index (χ1v) is 9.31. The van der Waals surface area contributed by atoms with Crippen LogP contribution < -0.4 is 5.32 Å². The summed E-state index contributed by atoms with van der Waals surface area (Å²) in [5.41, 5.74) is 2.73. The van der Waals surface area contributed by atoms with Gasteiger partial charge in [-0.05, 0) is 36.3 Å². The summed E-state index contributed by atoms with van der Waals surface area (Å²) in [6, 6.07) is 20.9. The third-order valence-corrected chi connectivity index (χ3v) is 5.87. The topological polar surface area (TPSA) is 38.3 Å². The smallest absolute Gasteiger partial charge is 0.407 e. The summed E-state index contributed by atoms with van der Waals surface area (Å²) in [7, 11) is 0. The highest BCUT2D eigenvalue weighted by atomic mass is 16.5. The minimum absolute atomic E-state index is 0.228. The summed E-state index contributed by atoms with van der Waals surface area (Å²) in [6.07, 6.45) is 5.60. The first-order chi connectivity index (χ1) is 12.3. The number of carbonyl (C=O) groups is 1. The second-order valence-corrected chi connectivity index (χ2v) is 7.39. The fourth-order valence-electron chi connectivity index (χ4n) is 4.49. The average molecular weight is 335 g/mol. The maximum Gasteiger partial charge on any atom is 0.407 e. The lowest BCUT2D eigenvalue weighted by atomic mass is 9.88. The van der Waals surface area contributed by atoms with Crippen molar-refractivity contribution in [1.29, 1.82) is 0 Å². The molecule has 0 saturated heterocycles. The SMILES string of the molecule is O=C(NC1CCCCC2(c3ccccc3)CC12)OCc1ccccc1. The Balaban J connectivity index is 1.38. The van der Waals surface area contributed by atoms with Crippen molar-refractivity contribution in [3.63, 3.8) is 0 Å². The highest BCUT2D eigenvalue weighted by Crippen LogP contribution is 2.61. The predicted molar refractivity (Wildman–Crippen MR) is 98.2 cm³/mol. The number of carbonyl (C=O) groups excluding carboxylic acids is 1. The van der Waals surface area contributed by atoms with E-state index in [1.54, 1.807) is 0 Å². The van der Waals surface area contributed by atoms with E-state index in [4.69, 9.17) is 4.74 Å². The van der Waals surface area contributed by atoms with E-state index in [1.165, 1.54) is 31.2 Å². The molecule has 3 nitrogen and oxygen atoms in total. The van der Waals surface area contributed by atoms with E-state index >= 15 is 0 Å². The van der Waals surface area contributed by atoms with Crippen LogP contribution in [0.5, 0.6) is 0 Å². The van der Waals surface area contributed by atoms with Crippen LogP contribution in [0.25, 0.3) is 0 Å². The van der Waals surface area contributed by atoms with Gasteiger partial charge in [-0.3, -0.25) is 0 Å². The second kappa shape index (κ2) is 6.91. The second-order valence-electron chi connectivity index (χ2n) is 7.39. The van der Waals surface area contributed by atoms with E-state index < -0.39 is 0 Å². The molecule has 2 aromatic carbocycles. The fraction of sp³-hybridized carbons (Fsp3) is 0.409. The Hall–Kier alpha value is -2.29. The van der Waals surface area contributed by atoms with Gasteiger partial charge in [-0.25, -0.2) is 4.79 Å². The molecular formula is C22H25NO2. The lowest BCUT2D eigenvalue weighted by molar-refractivity contribution is 0.133. The van der Waals surface area contributed by atoms with Crippen molar-refractivity contribution in [2.75, 3.05) is 0 Å². The summed E-state index contributed by atoms with van der Waals surface area (Å²) in [5.74, 6) is 0.543. The highest BCUT2D eigenvalue weighted by molar-refractivity contribution is 5.68. The molecule has 2 saturated carbocycles. The van der Waals surface area contributed by atoms with E-state index in [0.717, 1.165) is 12.0 Å². The zero-order chi connectivity index (χ0) is 17.1. The summed E-state index contributed by atoms with van der Waals surface area (Å²) >= 11 is 0. The molecule has 0 aromatic heterocycles. The third kappa shape index (κ3) is 3.41. The molecule has 130 valence electrons. The number of alkyl carbamates (subject to hydrolysis) is 1. The Morgan fingerprint density at radius 2 is 1.76 bits per heavy atom. The van der Waals surface area contributed by atoms with Gasteiger partial charge in [-0.1, -0.05) is 73.5 Å². The van der Waals surface area contributed by atoms with Crippen molar-refractivity contribution in [2.24, 2.45) is 5.92 Å². The molecule has 25 heavy (non-hydrogen) atoms. The van der Waals surface area contributed by atoms with Gasteiger partial charge in [0.2, 0.25) is 0 Å². The van der Waals surface area contributed by atoms with Gasteiger partial charge in [0.25, 0.3) is 0 Å². The van der Waals surface area contributed by atoms with E-state index in [9.17, 15) is 4.79 Å². The minimum Gasteiger partial charge on any atom is -0.445 e. The third-order valence-electron chi connectivity index (χ3n) is 5.87. The average Bonchev–Trinajstić information content (AvgIpc) is 3.41. The van der Waals surface area contributed by atoms with E-state index in [1.807, 2.05) is 30.3 Å². The van der Waals surface area contributed by atoms with Gasteiger partial charge in [0.15, 0.2) is 0 Å². The zero-order valence-electron chi connectivity index (χ0n) is 14.5. The Kier molecular flexibility index (Phi) is 4.48. The lowest BCUT2D eigenvalue weighted by Gasteiger charge is -2.21. The molecule has 2 aromatic rings.